The minimum absolute atomic E-state index is 0.401. The van der Waals surface area contributed by atoms with E-state index in [1.54, 1.807) is 0 Å². The summed E-state index contributed by atoms with van der Waals surface area (Å²) in [6.45, 7) is 1.69. The SMILES string of the molecule is CCCCCC/C=C(/F)CO. The Morgan fingerprint density at radius 2 is 2.09 bits per heavy atom. The number of aliphatic hydroxyl groups excluding tert-OH is 1. The number of allylic oxidation sites excluding steroid dienone is 1. The minimum Gasteiger partial charge on any atom is -0.389 e. The molecule has 1 nitrogen and oxygen atoms in total. The Labute approximate surface area is 67.9 Å². The van der Waals surface area contributed by atoms with Gasteiger partial charge in [-0.15, -0.1) is 0 Å². The molecular formula is C9H17FO. The summed E-state index contributed by atoms with van der Waals surface area (Å²) in [6.07, 6.45) is 6.83. The molecule has 0 rings (SSSR count). The van der Waals surface area contributed by atoms with Crippen molar-refractivity contribution in [2.75, 3.05) is 6.61 Å². The van der Waals surface area contributed by atoms with E-state index in [0.717, 1.165) is 19.3 Å². The fraction of sp³-hybridized carbons (Fsp3) is 0.778. The van der Waals surface area contributed by atoms with Crippen LogP contribution >= 0.6 is 0 Å². The van der Waals surface area contributed by atoms with Gasteiger partial charge in [0.2, 0.25) is 0 Å². The normalized spacial score (nSPS) is 12.1. The molecule has 0 atom stereocenters. The predicted molar refractivity (Wildman–Crippen MR) is 45.0 cm³/mol. The maximum atomic E-state index is 12.3. The Bertz CT molecular complexity index is 110. The quantitative estimate of drug-likeness (QED) is 0.592. The molecule has 0 amide bonds. The highest BCUT2D eigenvalue weighted by atomic mass is 19.1. The van der Waals surface area contributed by atoms with Crippen LogP contribution in [0.5, 0.6) is 0 Å². The van der Waals surface area contributed by atoms with Crippen LogP contribution in [0.2, 0.25) is 0 Å². The minimum atomic E-state index is -0.451. The average Bonchev–Trinajstić information content (AvgIpc) is 2.04. The molecule has 0 saturated heterocycles. The predicted octanol–water partition coefficient (Wildman–Crippen LogP) is 2.80. The van der Waals surface area contributed by atoms with E-state index in [1.807, 2.05) is 0 Å². The van der Waals surface area contributed by atoms with Crippen LogP contribution in [0.15, 0.2) is 11.9 Å². The van der Waals surface area contributed by atoms with Gasteiger partial charge in [0, 0.05) is 0 Å². The largest absolute Gasteiger partial charge is 0.389 e. The third-order valence-electron chi connectivity index (χ3n) is 1.57. The molecule has 0 heterocycles. The summed E-state index contributed by atoms with van der Waals surface area (Å²) >= 11 is 0. The van der Waals surface area contributed by atoms with Gasteiger partial charge < -0.3 is 5.11 Å². The van der Waals surface area contributed by atoms with Gasteiger partial charge in [-0.05, 0) is 12.8 Å². The molecule has 0 aliphatic heterocycles. The summed E-state index contributed by atoms with van der Waals surface area (Å²) in [6, 6.07) is 0. The second-order valence-electron chi connectivity index (χ2n) is 2.66. The maximum absolute atomic E-state index is 12.3. The van der Waals surface area contributed by atoms with Crippen molar-refractivity contribution in [2.45, 2.75) is 39.0 Å². The van der Waals surface area contributed by atoms with Crippen LogP contribution < -0.4 is 0 Å². The first kappa shape index (κ1) is 10.6. The van der Waals surface area contributed by atoms with E-state index in [2.05, 4.69) is 6.92 Å². The van der Waals surface area contributed by atoms with E-state index in [9.17, 15) is 4.39 Å². The van der Waals surface area contributed by atoms with Crippen molar-refractivity contribution in [3.63, 3.8) is 0 Å². The van der Waals surface area contributed by atoms with Gasteiger partial charge in [-0.25, -0.2) is 4.39 Å². The van der Waals surface area contributed by atoms with Crippen molar-refractivity contribution >= 4 is 0 Å². The molecule has 2 heteroatoms. The Balaban J connectivity index is 3.12. The Morgan fingerprint density at radius 3 is 2.64 bits per heavy atom. The summed E-state index contributed by atoms with van der Waals surface area (Å²) in [5, 5.41) is 8.29. The highest BCUT2D eigenvalue weighted by Gasteiger charge is 1.89. The van der Waals surface area contributed by atoms with E-state index >= 15 is 0 Å². The zero-order valence-electron chi connectivity index (χ0n) is 7.15. The van der Waals surface area contributed by atoms with Crippen molar-refractivity contribution < 1.29 is 9.50 Å². The van der Waals surface area contributed by atoms with Crippen LogP contribution in [-0.4, -0.2) is 11.7 Å². The standard InChI is InChI=1S/C9H17FO/c1-2-3-4-5-6-7-9(10)8-11/h7,11H,2-6,8H2,1H3/b9-7+. The summed E-state index contributed by atoms with van der Waals surface area (Å²) < 4.78 is 12.3. The van der Waals surface area contributed by atoms with E-state index < -0.39 is 12.4 Å². The first-order valence-corrected chi connectivity index (χ1v) is 4.26. The second kappa shape index (κ2) is 7.73. The van der Waals surface area contributed by atoms with E-state index in [1.165, 1.54) is 18.9 Å². The zero-order chi connectivity index (χ0) is 8.53. The van der Waals surface area contributed by atoms with Crippen LogP contribution in [-0.2, 0) is 0 Å². The van der Waals surface area contributed by atoms with Gasteiger partial charge in [0.15, 0.2) is 0 Å². The number of halogens is 1. The number of aliphatic hydroxyl groups is 1. The summed E-state index contributed by atoms with van der Waals surface area (Å²) in [5.41, 5.74) is 0. The molecule has 0 aromatic rings. The molecule has 0 aromatic carbocycles. The van der Waals surface area contributed by atoms with Gasteiger partial charge in [-0.1, -0.05) is 32.3 Å². The zero-order valence-corrected chi connectivity index (χ0v) is 7.15. The fourth-order valence-electron chi connectivity index (χ4n) is 0.894. The van der Waals surface area contributed by atoms with E-state index in [0.29, 0.717) is 0 Å². The Kier molecular flexibility index (Phi) is 7.47. The second-order valence-corrected chi connectivity index (χ2v) is 2.66. The van der Waals surface area contributed by atoms with Crippen LogP contribution in [0.4, 0.5) is 4.39 Å². The van der Waals surface area contributed by atoms with Crippen LogP contribution in [0.3, 0.4) is 0 Å². The molecule has 0 radical (unpaired) electrons. The topological polar surface area (TPSA) is 20.2 Å². The average molecular weight is 160 g/mol. The van der Waals surface area contributed by atoms with Crippen LogP contribution in [0.1, 0.15) is 39.0 Å². The van der Waals surface area contributed by atoms with Gasteiger partial charge in [-0.2, -0.15) is 0 Å². The lowest BCUT2D eigenvalue weighted by Crippen LogP contribution is -1.82. The molecule has 66 valence electrons. The molecule has 0 spiro atoms. The Morgan fingerprint density at radius 1 is 1.36 bits per heavy atom. The maximum Gasteiger partial charge on any atom is 0.121 e. The van der Waals surface area contributed by atoms with Crippen molar-refractivity contribution in [1.82, 2.24) is 0 Å². The van der Waals surface area contributed by atoms with Gasteiger partial charge >= 0.3 is 0 Å². The van der Waals surface area contributed by atoms with Gasteiger partial charge in [0.1, 0.15) is 5.83 Å². The third-order valence-corrected chi connectivity index (χ3v) is 1.57. The van der Waals surface area contributed by atoms with E-state index in [4.69, 9.17) is 5.11 Å². The molecular weight excluding hydrogens is 143 g/mol. The molecule has 11 heavy (non-hydrogen) atoms. The number of unbranched alkanes of at least 4 members (excludes halogenated alkanes) is 4. The lowest BCUT2D eigenvalue weighted by atomic mass is 10.1. The first-order chi connectivity index (χ1) is 5.31. The molecule has 0 unspecified atom stereocenters. The van der Waals surface area contributed by atoms with Crippen molar-refractivity contribution in [3.05, 3.63) is 11.9 Å². The number of rotatable bonds is 6. The van der Waals surface area contributed by atoms with Crippen LogP contribution in [0, 0.1) is 0 Å². The first-order valence-electron chi connectivity index (χ1n) is 4.26. The van der Waals surface area contributed by atoms with Crippen LogP contribution in [0.25, 0.3) is 0 Å². The summed E-state index contributed by atoms with van der Waals surface area (Å²) in [7, 11) is 0. The van der Waals surface area contributed by atoms with Gasteiger partial charge in [0.25, 0.3) is 0 Å². The third kappa shape index (κ3) is 7.53. The molecule has 0 fully saturated rings. The fourth-order valence-corrected chi connectivity index (χ4v) is 0.894. The Hall–Kier alpha value is -0.370. The summed E-state index contributed by atoms with van der Waals surface area (Å²) in [5.74, 6) is -0.401. The lowest BCUT2D eigenvalue weighted by molar-refractivity contribution is 0.297. The highest BCUT2D eigenvalue weighted by Crippen LogP contribution is 2.05. The molecule has 0 aromatic heterocycles. The van der Waals surface area contributed by atoms with Crippen molar-refractivity contribution in [3.8, 4) is 0 Å². The van der Waals surface area contributed by atoms with Gasteiger partial charge in [0.05, 0.1) is 6.61 Å². The van der Waals surface area contributed by atoms with E-state index in [-0.39, 0.29) is 0 Å². The highest BCUT2D eigenvalue weighted by molar-refractivity contribution is 4.90. The monoisotopic (exact) mass is 160 g/mol. The molecule has 0 bridgehead atoms. The molecule has 1 N–H and O–H groups in total. The summed E-state index contributed by atoms with van der Waals surface area (Å²) in [4.78, 5) is 0. The number of hydrogen-bond acceptors (Lipinski definition) is 1. The molecule has 0 saturated carbocycles. The van der Waals surface area contributed by atoms with Crippen molar-refractivity contribution in [1.29, 1.82) is 0 Å². The molecule has 0 aliphatic carbocycles. The van der Waals surface area contributed by atoms with Gasteiger partial charge in [-0.3, -0.25) is 0 Å². The number of hydrogen-bond donors (Lipinski definition) is 1. The van der Waals surface area contributed by atoms with Crippen molar-refractivity contribution in [2.24, 2.45) is 0 Å². The molecule has 0 aliphatic rings. The smallest absolute Gasteiger partial charge is 0.121 e. The lowest BCUT2D eigenvalue weighted by Gasteiger charge is -1.94.